The highest BCUT2D eigenvalue weighted by Gasteiger charge is 2.13. The Hall–Kier alpha value is -0.910. The maximum atomic E-state index is 10.5. The number of methoxy groups -OCH3 is 1. The number of nitrogens with two attached hydrogens (primary N) is 1. The zero-order chi connectivity index (χ0) is 12.1. The first-order valence-corrected chi connectivity index (χ1v) is 5.85. The summed E-state index contributed by atoms with van der Waals surface area (Å²) < 4.78 is 5.13. The van der Waals surface area contributed by atoms with E-state index in [1.54, 1.807) is 25.3 Å². The van der Waals surface area contributed by atoms with Gasteiger partial charge in [0.15, 0.2) is 0 Å². The number of carboxylic acids is 1. The van der Waals surface area contributed by atoms with E-state index in [0.29, 0.717) is 10.8 Å². The van der Waals surface area contributed by atoms with E-state index in [0.717, 1.165) is 4.90 Å². The molecule has 1 rings (SSSR count). The summed E-state index contributed by atoms with van der Waals surface area (Å²) in [7, 11) is 1.55. The molecule has 0 radical (unpaired) electrons. The predicted octanol–water partition coefficient (Wildman–Crippen LogP) is 1.85. The van der Waals surface area contributed by atoms with Crippen LogP contribution < -0.4 is 10.5 Å². The Bertz CT molecular complexity index is 386. The largest absolute Gasteiger partial charge is 0.496 e. The second-order valence-electron chi connectivity index (χ2n) is 3.05. The van der Waals surface area contributed by atoms with E-state index >= 15 is 0 Å². The Kier molecular flexibility index (Phi) is 4.92. The normalized spacial score (nSPS) is 12.2. The van der Waals surface area contributed by atoms with Gasteiger partial charge in [-0.3, -0.25) is 4.79 Å². The molecule has 3 N–H and O–H groups in total. The number of aliphatic carboxylic acids is 1. The molecular weight excluding hydrogens is 250 g/mol. The molecule has 1 aromatic rings. The SMILES string of the molecule is COc1ccc(Cl)cc1SCC(N)C(=O)O. The summed E-state index contributed by atoms with van der Waals surface area (Å²) in [5, 5.41) is 9.22. The third-order valence-corrected chi connectivity index (χ3v) is 3.25. The summed E-state index contributed by atoms with van der Waals surface area (Å²) in [6.07, 6.45) is 0. The minimum atomic E-state index is -1.02. The van der Waals surface area contributed by atoms with Crippen LogP contribution in [0.1, 0.15) is 0 Å². The van der Waals surface area contributed by atoms with E-state index in [4.69, 9.17) is 27.2 Å². The van der Waals surface area contributed by atoms with Gasteiger partial charge in [-0.1, -0.05) is 11.6 Å². The Labute approximate surface area is 103 Å². The first-order chi connectivity index (χ1) is 7.54. The van der Waals surface area contributed by atoms with Crippen molar-refractivity contribution >= 4 is 29.3 Å². The van der Waals surface area contributed by atoms with Crippen LogP contribution in [0.3, 0.4) is 0 Å². The van der Waals surface area contributed by atoms with Crippen molar-refractivity contribution < 1.29 is 14.6 Å². The molecule has 1 aromatic carbocycles. The molecule has 1 unspecified atom stereocenters. The lowest BCUT2D eigenvalue weighted by Gasteiger charge is -2.10. The second-order valence-corrected chi connectivity index (χ2v) is 4.55. The maximum absolute atomic E-state index is 10.5. The van der Waals surface area contributed by atoms with E-state index in [9.17, 15) is 4.79 Å². The van der Waals surface area contributed by atoms with E-state index in [1.807, 2.05) is 0 Å². The molecule has 0 fully saturated rings. The van der Waals surface area contributed by atoms with Crippen molar-refractivity contribution in [2.45, 2.75) is 10.9 Å². The van der Waals surface area contributed by atoms with Crippen LogP contribution in [-0.4, -0.2) is 30.0 Å². The number of carbonyl (C=O) groups is 1. The lowest BCUT2D eigenvalue weighted by molar-refractivity contribution is -0.137. The molecule has 0 aliphatic rings. The summed E-state index contributed by atoms with van der Waals surface area (Å²) in [5.41, 5.74) is 5.40. The van der Waals surface area contributed by atoms with Crippen molar-refractivity contribution in [1.82, 2.24) is 0 Å². The maximum Gasteiger partial charge on any atom is 0.321 e. The molecule has 88 valence electrons. The fourth-order valence-electron chi connectivity index (χ4n) is 1.01. The van der Waals surface area contributed by atoms with Crippen molar-refractivity contribution in [3.05, 3.63) is 23.2 Å². The molecule has 0 heterocycles. The zero-order valence-corrected chi connectivity index (χ0v) is 10.2. The van der Waals surface area contributed by atoms with Crippen LogP contribution in [0.2, 0.25) is 5.02 Å². The molecule has 6 heteroatoms. The van der Waals surface area contributed by atoms with Gasteiger partial charge in [-0.25, -0.2) is 0 Å². The van der Waals surface area contributed by atoms with Gasteiger partial charge in [-0.2, -0.15) is 0 Å². The van der Waals surface area contributed by atoms with E-state index in [-0.39, 0.29) is 5.75 Å². The van der Waals surface area contributed by atoms with Crippen LogP contribution in [-0.2, 0) is 4.79 Å². The van der Waals surface area contributed by atoms with Crippen molar-refractivity contribution in [3.63, 3.8) is 0 Å². The van der Waals surface area contributed by atoms with E-state index in [2.05, 4.69) is 0 Å². The predicted molar refractivity (Wildman–Crippen MR) is 64.3 cm³/mol. The summed E-state index contributed by atoms with van der Waals surface area (Å²) in [6.45, 7) is 0. The molecule has 0 bridgehead atoms. The number of benzene rings is 1. The highest BCUT2D eigenvalue weighted by atomic mass is 35.5. The average molecular weight is 262 g/mol. The topological polar surface area (TPSA) is 72.5 Å². The standard InChI is InChI=1S/C10H12ClNO3S/c1-15-8-3-2-6(11)4-9(8)16-5-7(12)10(13)14/h2-4,7H,5,12H2,1H3,(H,13,14). The van der Waals surface area contributed by atoms with Crippen molar-refractivity contribution in [1.29, 1.82) is 0 Å². The molecule has 0 aromatic heterocycles. The fraction of sp³-hybridized carbons (Fsp3) is 0.300. The van der Waals surface area contributed by atoms with Gasteiger partial charge in [0.25, 0.3) is 0 Å². The molecule has 0 aliphatic carbocycles. The molecule has 1 atom stereocenters. The molecule has 16 heavy (non-hydrogen) atoms. The Morgan fingerprint density at radius 2 is 2.38 bits per heavy atom. The first-order valence-electron chi connectivity index (χ1n) is 4.49. The van der Waals surface area contributed by atoms with E-state index in [1.165, 1.54) is 11.8 Å². The number of halogens is 1. The minimum absolute atomic E-state index is 0.270. The third-order valence-electron chi connectivity index (χ3n) is 1.86. The molecule has 0 amide bonds. The molecule has 0 spiro atoms. The summed E-state index contributed by atoms with van der Waals surface area (Å²) in [5.74, 6) is -0.0908. The molecule has 0 saturated heterocycles. The molecule has 0 saturated carbocycles. The molecular formula is C10H12ClNO3S. The number of hydrogen-bond acceptors (Lipinski definition) is 4. The van der Waals surface area contributed by atoms with Gasteiger partial charge in [0, 0.05) is 10.8 Å². The van der Waals surface area contributed by atoms with Crippen LogP contribution in [0, 0.1) is 0 Å². The zero-order valence-electron chi connectivity index (χ0n) is 8.64. The monoisotopic (exact) mass is 261 g/mol. The van der Waals surface area contributed by atoms with Crippen molar-refractivity contribution in [2.75, 3.05) is 12.9 Å². The number of ether oxygens (including phenoxy) is 1. The second kappa shape index (κ2) is 5.98. The lowest BCUT2D eigenvalue weighted by atomic mass is 10.3. The summed E-state index contributed by atoms with van der Waals surface area (Å²) >= 11 is 7.14. The summed E-state index contributed by atoms with van der Waals surface area (Å²) in [6, 6.07) is 4.27. The van der Waals surface area contributed by atoms with Crippen molar-refractivity contribution in [3.8, 4) is 5.75 Å². The Morgan fingerprint density at radius 1 is 1.69 bits per heavy atom. The van der Waals surface area contributed by atoms with Crippen molar-refractivity contribution in [2.24, 2.45) is 5.73 Å². The average Bonchev–Trinajstić information content (AvgIpc) is 2.25. The number of carboxylic acid groups (broad SMARTS) is 1. The smallest absolute Gasteiger partial charge is 0.321 e. The van der Waals surface area contributed by atoms with Gasteiger partial charge in [0.05, 0.1) is 12.0 Å². The molecule has 4 nitrogen and oxygen atoms in total. The van der Waals surface area contributed by atoms with Crippen LogP contribution in [0.4, 0.5) is 0 Å². The Balaban J connectivity index is 2.72. The van der Waals surface area contributed by atoms with Crippen LogP contribution in [0.15, 0.2) is 23.1 Å². The number of hydrogen-bond donors (Lipinski definition) is 2. The number of rotatable bonds is 5. The quantitative estimate of drug-likeness (QED) is 0.792. The van der Waals surface area contributed by atoms with Gasteiger partial charge in [-0.15, -0.1) is 11.8 Å². The van der Waals surface area contributed by atoms with Crippen LogP contribution in [0.25, 0.3) is 0 Å². The third kappa shape index (κ3) is 3.59. The van der Waals surface area contributed by atoms with Gasteiger partial charge < -0.3 is 15.6 Å². The highest BCUT2D eigenvalue weighted by Crippen LogP contribution is 2.31. The minimum Gasteiger partial charge on any atom is -0.496 e. The summed E-state index contributed by atoms with van der Waals surface area (Å²) in [4.78, 5) is 11.3. The lowest BCUT2D eigenvalue weighted by Crippen LogP contribution is -2.32. The van der Waals surface area contributed by atoms with Crippen LogP contribution in [0.5, 0.6) is 5.75 Å². The fourth-order valence-corrected chi connectivity index (χ4v) is 2.26. The Morgan fingerprint density at radius 3 is 2.94 bits per heavy atom. The number of thioether (sulfide) groups is 1. The van der Waals surface area contributed by atoms with Gasteiger partial charge in [0.1, 0.15) is 11.8 Å². The van der Waals surface area contributed by atoms with E-state index < -0.39 is 12.0 Å². The highest BCUT2D eigenvalue weighted by molar-refractivity contribution is 7.99. The first kappa shape index (κ1) is 13.2. The van der Waals surface area contributed by atoms with Gasteiger partial charge in [-0.05, 0) is 18.2 Å². The molecule has 0 aliphatic heterocycles. The van der Waals surface area contributed by atoms with Gasteiger partial charge >= 0.3 is 5.97 Å². The van der Waals surface area contributed by atoms with Gasteiger partial charge in [0.2, 0.25) is 0 Å². The van der Waals surface area contributed by atoms with Crippen LogP contribution >= 0.6 is 23.4 Å².